The van der Waals surface area contributed by atoms with Crippen LogP contribution in [0, 0.1) is 20.8 Å². The molecule has 5 rings (SSSR count). The number of aryl methyl sites for hydroxylation is 2. The largest absolute Gasteiger partial charge is 0.317 e. The first-order chi connectivity index (χ1) is 21.1. The van der Waals surface area contributed by atoms with Crippen LogP contribution >= 0.6 is 27.5 Å². The number of carbonyl (C=O) groups is 1. The van der Waals surface area contributed by atoms with Crippen molar-refractivity contribution in [1.82, 2.24) is 9.99 Å². The van der Waals surface area contributed by atoms with Crippen LogP contribution in [0.4, 0.5) is 5.69 Å². The quantitative estimate of drug-likeness (QED) is 0.126. The standard InChI is InChI=1S/C34H30BrClN4O3S/c1-23-12-18-29(19-13-23)44(42,43)39(22-26-14-16-28(36)17-15-26)32-10-6-4-8-30(32)34(41)38-37-21-27-20-24(2)40(25(27)3)33-11-7-5-9-31(33)35/h4-21H,22H2,1-3H3,(H,38,41)/b37-21-. The first kappa shape index (κ1) is 31.3. The van der Waals surface area contributed by atoms with Gasteiger partial charge in [-0.05, 0) is 96.9 Å². The lowest BCUT2D eigenvalue weighted by molar-refractivity contribution is 0.0955. The van der Waals surface area contributed by atoms with Crippen LogP contribution < -0.4 is 9.73 Å². The Morgan fingerprint density at radius 2 is 1.59 bits per heavy atom. The third-order valence-corrected chi connectivity index (χ3v) is 9.90. The molecule has 0 bridgehead atoms. The van der Waals surface area contributed by atoms with Gasteiger partial charge < -0.3 is 4.57 Å². The molecule has 0 aliphatic heterocycles. The minimum absolute atomic E-state index is 0.0119. The van der Waals surface area contributed by atoms with Crippen LogP contribution in [0.1, 0.15) is 38.4 Å². The van der Waals surface area contributed by atoms with Gasteiger partial charge in [-0.1, -0.05) is 65.7 Å². The fraction of sp³-hybridized carbons (Fsp3) is 0.118. The van der Waals surface area contributed by atoms with Crippen LogP contribution in [0.2, 0.25) is 5.02 Å². The summed E-state index contributed by atoms with van der Waals surface area (Å²) in [7, 11) is -4.06. The van der Waals surface area contributed by atoms with Crippen molar-refractivity contribution in [2.45, 2.75) is 32.2 Å². The van der Waals surface area contributed by atoms with Gasteiger partial charge in [0, 0.05) is 26.4 Å². The predicted octanol–water partition coefficient (Wildman–Crippen LogP) is 7.98. The molecule has 0 saturated carbocycles. The van der Waals surface area contributed by atoms with Gasteiger partial charge in [0.1, 0.15) is 0 Å². The fourth-order valence-corrected chi connectivity index (χ4v) is 6.98. The van der Waals surface area contributed by atoms with E-state index in [1.165, 1.54) is 4.31 Å². The van der Waals surface area contributed by atoms with Crippen molar-refractivity contribution in [2.24, 2.45) is 5.10 Å². The molecule has 224 valence electrons. The molecule has 1 N–H and O–H groups in total. The highest BCUT2D eigenvalue weighted by Crippen LogP contribution is 2.30. The molecule has 0 saturated heterocycles. The number of para-hydroxylation sites is 2. The topological polar surface area (TPSA) is 83.8 Å². The zero-order chi connectivity index (χ0) is 31.4. The molecule has 7 nitrogen and oxygen atoms in total. The molecule has 0 radical (unpaired) electrons. The summed E-state index contributed by atoms with van der Waals surface area (Å²) in [5.41, 5.74) is 8.40. The number of rotatable bonds is 9. The van der Waals surface area contributed by atoms with Gasteiger partial charge in [0.05, 0.1) is 34.6 Å². The number of aromatic nitrogens is 1. The fourth-order valence-electron chi connectivity index (χ4n) is 4.92. The van der Waals surface area contributed by atoms with E-state index in [-0.39, 0.29) is 22.7 Å². The van der Waals surface area contributed by atoms with Crippen LogP contribution in [0.15, 0.2) is 118 Å². The number of benzene rings is 4. The van der Waals surface area contributed by atoms with Crippen molar-refractivity contribution >= 4 is 55.4 Å². The number of amides is 1. The average Bonchev–Trinajstić information content (AvgIpc) is 3.29. The van der Waals surface area contributed by atoms with E-state index in [9.17, 15) is 13.2 Å². The molecule has 0 atom stereocenters. The molecule has 0 unspecified atom stereocenters. The Bertz CT molecular complexity index is 1950. The van der Waals surface area contributed by atoms with E-state index >= 15 is 0 Å². The molecule has 1 heterocycles. The van der Waals surface area contributed by atoms with Gasteiger partial charge in [0.25, 0.3) is 15.9 Å². The zero-order valence-corrected chi connectivity index (χ0v) is 27.5. The Labute approximate surface area is 271 Å². The molecule has 4 aromatic carbocycles. The van der Waals surface area contributed by atoms with Crippen LogP contribution in [0.3, 0.4) is 0 Å². The van der Waals surface area contributed by atoms with Gasteiger partial charge in [0.15, 0.2) is 0 Å². The molecule has 0 spiro atoms. The van der Waals surface area contributed by atoms with Crippen molar-refractivity contribution in [1.29, 1.82) is 0 Å². The maximum Gasteiger partial charge on any atom is 0.273 e. The third kappa shape index (κ3) is 6.65. The van der Waals surface area contributed by atoms with Crippen LogP contribution in [0.5, 0.6) is 0 Å². The Hall–Kier alpha value is -4.18. The zero-order valence-electron chi connectivity index (χ0n) is 24.3. The maximum absolute atomic E-state index is 14.0. The second-order valence-electron chi connectivity index (χ2n) is 10.3. The van der Waals surface area contributed by atoms with E-state index in [2.05, 4.69) is 31.0 Å². The third-order valence-electron chi connectivity index (χ3n) is 7.20. The minimum atomic E-state index is -4.06. The van der Waals surface area contributed by atoms with Gasteiger partial charge in [-0.15, -0.1) is 0 Å². The van der Waals surface area contributed by atoms with Gasteiger partial charge in [-0.25, -0.2) is 13.8 Å². The normalized spacial score (nSPS) is 11.6. The number of nitrogens with zero attached hydrogens (tertiary/aromatic N) is 3. The lowest BCUT2D eigenvalue weighted by Crippen LogP contribution is -2.33. The molecule has 0 fully saturated rings. The maximum atomic E-state index is 14.0. The number of hydrazone groups is 1. The van der Waals surface area contributed by atoms with Gasteiger partial charge in [0.2, 0.25) is 0 Å². The highest BCUT2D eigenvalue weighted by molar-refractivity contribution is 9.10. The summed E-state index contributed by atoms with van der Waals surface area (Å²) >= 11 is 9.70. The average molecular weight is 690 g/mol. The van der Waals surface area contributed by atoms with Gasteiger partial charge in [-0.3, -0.25) is 9.10 Å². The highest BCUT2D eigenvalue weighted by atomic mass is 79.9. The summed E-state index contributed by atoms with van der Waals surface area (Å²) in [5.74, 6) is -0.545. The van der Waals surface area contributed by atoms with E-state index < -0.39 is 15.9 Å². The molecule has 10 heteroatoms. The Kier molecular flexibility index (Phi) is 9.39. The summed E-state index contributed by atoms with van der Waals surface area (Å²) < 4.78 is 32.4. The molecule has 1 amide bonds. The van der Waals surface area contributed by atoms with E-state index in [1.54, 1.807) is 79.0 Å². The minimum Gasteiger partial charge on any atom is -0.317 e. The summed E-state index contributed by atoms with van der Waals surface area (Å²) in [6.45, 7) is 5.86. The smallest absolute Gasteiger partial charge is 0.273 e. The number of sulfonamides is 1. The molecule has 0 aliphatic carbocycles. The number of nitrogens with one attached hydrogen (secondary N) is 1. The second kappa shape index (κ2) is 13.2. The van der Waals surface area contributed by atoms with E-state index in [0.717, 1.165) is 32.7 Å². The molecule has 5 aromatic rings. The second-order valence-corrected chi connectivity index (χ2v) is 13.4. The van der Waals surface area contributed by atoms with Crippen LogP contribution in [-0.2, 0) is 16.6 Å². The first-order valence-electron chi connectivity index (χ1n) is 13.8. The summed E-state index contributed by atoms with van der Waals surface area (Å²) in [5, 5.41) is 4.78. The number of hydrogen-bond acceptors (Lipinski definition) is 4. The Morgan fingerprint density at radius 3 is 2.30 bits per heavy atom. The summed E-state index contributed by atoms with van der Waals surface area (Å²) in [4.78, 5) is 13.6. The van der Waals surface area contributed by atoms with Crippen LogP contribution in [0.25, 0.3) is 5.69 Å². The number of carbonyl (C=O) groups excluding carboxylic acids is 1. The Morgan fingerprint density at radius 1 is 0.932 bits per heavy atom. The van der Waals surface area contributed by atoms with Crippen molar-refractivity contribution < 1.29 is 13.2 Å². The molecule has 44 heavy (non-hydrogen) atoms. The SMILES string of the molecule is Cc1ccc(S(=O)(=O)N(Cc2ccc(Cl)cc2)c2ccccc2C(=O)N/N=C\c2cc(C)n(-c3ccccc3Br)c2C)cc1. The summed E-state index contributed by atoms with van der Waals surface area (Å²) in [6.07, 6.45) is 1.59. The van der Waals surface area contributed by atoms with Crippen molar-refractivity contribution in [3.05, 3.63) is 146 Å². The monoisotopic (exact) mass is 688 g/mol. The Balaban J connectivity index is 1.47. The number of hydrogen-bond donors (Lipinski definition) is 1. The number of halogens is 2. The van der Waals surface area contributed by atoms with Gasteiger partial charge in [-0.2, -0.15) is 5.10 Å². The molecular weight excluding hydrogens is 660 g/mol. The first-order valence-corrected chi connectivity index (χ1v) is 16.4. The van der Waals surface area contributed by atoms with E-state index in [1.807, 2.05) is 51.1 Å². The van der Waals surface area contributed by atoms with E-state index in [4.69, 9.17) is 11.6 Å². The van der Waals surface area contributed by atoms with Crippen LogP contribution in [-0.4, -0.2) is 25.1 Å². The van der Waals surface area contributed by atoms with E-state index in [0.29, 0.717) is 10.6 Å². The van der Waals surface area contributed by atoms with Gasteiger partial charge >= 0.3 is 0 Å². The molecule has 0 aliphatic rings. The lowest BCUT2D eigenvalue weighted by atomic mass is 10.1. The number of anilines is 1. The molecular formula is C34H30BrClN4O3S. The van der Waals surface area contributed by atoms with Crippen molar-refractivity contribution in [2.75, 3.05) is 4.31 Å². The highest BCUT2D eigenvalue weighted by Gasteiger charge is 2.28. The predicted molar refractivity (Wildman–Crippen MR) is 180 cm³/mol. The molecule has 1 aromatic heterocycles. The summed E-state index contributed by atoms with van der Waals surface area (Å²) in [6, 6.07) is 30.1. The lowest BCUT2D eigenvalue weighted by Gasteiger charge is -2.26. The van der Waals surface area contributed by atoms with Crippen molar-refractivity contribution in [3.8, 4) is 5.69 Å². The van der Waals surface area contributed by atoms with Crippen molar-refractivity contribution in [3.63, 3.8) is 0 Å².